The van der Waals surface area contributed by atoms with E-state index in [1.807, 2.05) is 18.2 Å². The number of nitrogens with one attached hydrogen (secondary N) is 3. The third-order valence-electron chi connectivity index (χ3n) is 4.67. The predicted octanol–water partition coefficient (Wildman–Crippen LogP) is 4.37. The summed E-state index contributed by atoms with van der Waals surface area (Å²) in [5.74, 6) is 0.724. The van der Waals surface area contributed by atoms with Gasteiger partial charge in [0.2, 0.25) is 11.9 Å². The highest BCUT2D eigenvalue weighted by Gasteiger charge is 2.30. The van der Waals surface area contributed by atoms with Crippen LogP contribution in [0.3, 0.4) is 0 Å². The largest absolute Gasteiger partial charge is 0.337 e. The molecule has 1 aliphatic carbocycles. The van der Waals surface area contributed by atoms with Crippen LogP contribution in [0.5, 0.6) is 0 Å². The summed E-state index contributed by atoms with van der Waals surface area (Å²) in [5, 5.41) is 9.40. The lowest BCUT2D eigenvalue weighted by Crippen LogP contribution is -2.14. The molecule has 1 aliphatic rings. The molecular weight excluding hydrogens is 438 g/mol. The number of anilines is 5. The van der Waals surface area contributed by atoms with Gasteiger partial charge in [-0.05, 0) is 49.2 Å². The fourth-order valence-corrected chi connectivity index (χ4v) is 3.61. The van der Waals surface area contributed by atoms with Gasteiger partial charge < -0.3 is 16.0 Å². The van der Waals surface area contributed by atoms with Gasteiger partial charge in [-0.1, -0.05) is 23.7 Å². The number of amides is 1. The van der Waals surface area contributed by atoms with E-state index in [1.54, 1.807) is 18.2 Å². The second-order valence-electron chi connectivity index (χ2n) is 7.25. The van der Waals surface area contributed by atoms with Crippen LogP contribution in [-0.2, 0) is 14.6 Å². The molecule has 8 nitrogen and oxygen atoms in total. The van der Waals surface area contributed by atoms with E-state index in [1.165, 1.54) is 18.3 Å². The molecule has 4 rings (SSSR count). The third kappa shape index (κ3) is 5.31. The molecule has 3 aromatic rings. The maximum atomic E-state index is 12.2. The molecule has 0 aliphatic heterocycles. The first-order valence-corrected chi connectivity index (χ1v) is 11.8. The van der Waals surface area contributed by atoms with Crippen LogP contribution in [0.2, 0.25) is 5.02 Å². The Hall–Kier alpha value is -3.17. The fraction of sp³-hybridized carbons (Fsp3) is 0.190. The van der Waals surface area contributed by atoms with Gasteiger partial charge in [0.05, 0.1) is 22.5 Å². The fourth-order valence-electron chi connectivity index (χ4n) is 2.84. The molecule has 0 bridgehead atoms. The maximum Gasteiger partial charge on any atom is 0.229 e. The van der Waals surface area contributed by atoms with E-state index < -0.39 is 9.84 Å². The van der Waals surface area contributed by atoms with Gasteiger partial charge in [-0.3, -0.25) is 4.79 Å². The van der Waals surface area contributed by atoms with Crippen molar-refractivity contribution in [3.63, 3.8) is 0 Å². The molecule has 0 spiro atoms. The Balaban J connectivity index is 1.53. The van der Waals surface area contributed by atoms with Crippen molar-refractivity contribution in [2.45, 2.75) is 17.7 Å². The number of para-hydroxylation sites is 2. The second kappa shape index (κ2) is 8.52. The molecule has 1 saturated carbocycles. The Morgan fingerprint density at radius 2 is 1.71 bits per heavy atom. The maximum absolute atomic E-state index is 12.2. The highest BCUT2D eigenvalue weighted by molar-refractivity contribution is 7.90. The number of hydrogen-bond acceptors (Lipinski definition) is 7. The zero-order chi connectivity index (χ0) is 22.0. The van der Waals surface area contributed by atoms with Crippen molar-refractivity contribution in [2.75, 3.05) is 22.2 Å². The standard InChI is InChI=1S/C21H20ClN5O3S/c1-31(29,30)15-10-8-14(9-11-15)24-21-23-12-16(22)19(27-21)25-17-4-2-3-5-18(17)26-20(28)13-6-7-13/h2-5,8-13H,6-7H2,1H3,(H,26,28)(H2,23,24,25,27). The number of aromatic nitrogens is 2. The zero-order valence-electron chi connectivity index (χ0n) is 16.6. The number of sulfone groups is 1. The van der Waals surface area contributed by atoms with Crippen molar-refractivity contribution in [3.05, 3.63) is 59.8 Å². The Kier molecular flexibility index (Phi) is 5.79. The summed E-state index contributed by atoms with van der Waals surface area (Å²) < 4.78 is 23.2. The van der Waals surface area contributed by atoms with Gasteiger partial charge in [0.15, 0.2) is 15.7 Å². The summed E-state index contributed by atoms with van der Waals surface area (Å²) in [6.45, 7) is 0. The molecule has 160 valence electrons. The Labute approximate surface area is 185 Å². The summed E-state index contributed by atoms with van der Waals surface area (Å²) in [6, 6.07) is 13.6. The minimum absolute atomic E-state index is 0.00271. The van der Waals surface area contributed by atoms with Crippen LogP contribution in [0.4, 0.5) is 28.8 Å². The Morgan fingerprint density at radius 3 is 2.35 bits per heavy atom. The quantitative estimate of drug-likeness (QED) is 0.482. The summed E-state index contributed by atoms with van der Waals surface area (Å²) >= 11 is 6.27. The second-order valence-corrected chi connectivity index (χ2v) is 9.67. The topological polar surface area (TPSA) is 113 Å². The van der Waals surface area contributed by atoms with E-state index >= 15 is 0 Å². The van der Waals surface area contributed by atoms with Crippen LogP contribution in [0.25, 0.3) is 0 Å². The van der Waals surface area contributed by atoms with Crippen molar-refractivity contribution < 1.29 is 13.2 Å². The number of rotatable bonds is 7. The molecule has 2 aromatic carbocycles. The Morgan fingerprint density at radius 1 is 1.03 bits per heavy atom. The third-order valence-corrected chi connectivity index (χ3v) is 6.07. The normalized spacial score (nSPS) is 13.5. The average molecular weight is 458 g/mol. The zero-order valence-corrected chi connectivity index (χ0v) is 18.2. The minimum Gasteiger partial charge on any atom is -0.337 e. The molecular formula is C21H20ClN5O3S. The lowest BCUT2D eigenvalue weighted by Gasteiger charge is -2.14. The number of hydrogen-bond donors (Lipinski definition) is 3. The van der Waals surface area contributed by atoms with Crippen LogP contribution in [0.15, 0.2) is 59.6 Å². The van der Waals surface area contributed by atoms with E-state index in [-0.39, 0.29) is 22.7 Å². The van der Waals surface area contributed by atoms with E-state index in [0.717, 1.165) is 19.1 Å². The van der Waals surface area contributed by atoms with Crippen molar-refractivity contribution >= 4 is 56.2 Å². The summed E-state index contributed by atoms with van der Waals surface area (Å²) in [4.78, 5) is 20.9. The molecule has 3 N–H and O–H groups in total. The van der Waals surface area contributed by atoms with E-state index in [4.69, 9.17) is 11.6 Å². The number of nitrogens with zero attached hydrogens (tertiary/aromatic N) is 2. The molecule has 0 radical (unpaired) electrons. The van der Waals surface area contributed by atoms with E-state index in [0.29, 0.717) is 27.9 Å². The number of carbonyl (C=O) groups excluding carboxylic acids is 1. The van der Waals surface area contributed by atoms with Crippen LogP contribution in [-0.4, -0.2) is 30.5 Å². The average Bonchev–Trinajstić information content (AvgIpc) is 3.57. The highest BCUT2D eigenvalue weighted by Crippen LogP contribution is 2.33. The van der Waals surface area contributed by atoms with Crippen LogP contribution in [0.1, 0.15) is 12.8 Å². The molecule has 1 amide bonds. The molecule has 31 heavy (non-hydrogen) atoms. The van der Waals surface area contributed by atoms with Gasteiger partial charge in [0.25, 0.3) is 0 Å². The summed E-state index contributed by atoms with van der Waals surface area (Å²) in [6.07, 6.45) is 4.44. The van der Waals surface area contributed by atoms with Crippen molar-refractivity contribution in [2.24, 2.45) is 5.92 Å². The Bertz CT molecular complexity index is 1230. The monoisotopic (exact) mass is 457 g/mol. The van der Waals surface area contributed by atoms with Gasteiger partial charge in [0.1, 0.15) is 5.02 Å². The molecule has 0 saturated heterocycles. The first-order chi connectivity index (χ1) is 14.8. The van der Waals surface area contributed by atoms with Crippen LogP contribution >= 0.6 is 11.6 Å². The first kappa shape index (κ1) is 21.1. The SMILES string of the molecule is CS(=O)(=O)c1ccc(Nc2ncc(Cl)c(Nc3ccccc3NC(=O)C3CC3)n2)cc1. The highest BCUT2D eigenvalue weighted by atomic mass is 35.5. The number of benzene rings is 2. The van der Waals surface area contributed by atoms with Crippen LogP contribution < -0.4 is 16.0 Å². The van der Waals surface area contributed by atoms with Gasteiger partial charge in [0, 0.05) is 17.9 Å². The summed E-state index contributed by atoms with van der Waals surface area (Å²) in [7, 11) is -3.27. The lowest BCUT2D eigenvalue weighted by molar-refractivity contribution is -0.117. The molecule has 10 heteroatoms. The predicted molar refractivity (Wildman–Crippen MR) is 121 cm³/mol. The van der Waals surface area contributed by atoms with Crippen molar-refractivity contribution in [3.8, 4) is 0 Å². The van der Waals surface area contributed by atoms with Gasteiger partial charge in [-0.25, -0.2) is 13.4 Å². The van der Waals surface area contributed by atoms with Crippen molar-refractivity contribution in [1.82, 2.24) is 9.97 Å². The van der Waals surface area contributed by atoms with E-state index in [9.17, 15) is 13.2 Å². The number of carbonyl (C=O) groups is 1. The van der Waals surface area contributed by atoms with E-state index in [2.05, 4.69) is 25.9 Å². The van der Waals surface area contributed by atoms with Gasteiger partial charge in [-0.2, -0.15) is 4.98 Å². The summed E-state index contributed by atoms with van der Waals surface area (Å²) in [5.41, 5.74) is 1.92. The molecule has 0 unspecified atom stereocenters. The van der Waals surface area contributed by atoms with Crippen LogP contribution in [0, 0.1) is 5.92 Å². The molecule has 0 atom stereocenters. The van der Waals surface area contributed by atoms with Gasteiger partial charge >= 0.3 is 0 Å². The number of halogens is 1. The van der Waals surface area contributed by atoms with Gasteiger partial charge in [-0.15, -0.1) is 0 Å². The van der Waals surface area contributed by atoms with Crippen molar-refractivity contribution in [1.29, 1.82) is 0 Å². The minimum atomic E-state index is -3.27. The smallest absolute Gasteiger partial charge is 0.229 e. The molecule has 1 fully saturated rings. The molecule has 1 heterocycles. The lowest BCUT2D eigenvalue weighted by atomic mass is 10.2. The molecule has 1 aromatic heterocycles. The first-order valence-electron chi connectivity index (χ1n) is 9.56.